The quantitative estimate of drug-likeness (QED) is 0.877. The first-order valence-corrected chi connectivity index (χ1v) is 6.61. The van der Waals surface area contributed by atoms with Crippen molar-refractivity contribution in [1.29, 1.82) is 0 Å². The summed E-state index contributed by atoms with van der Waals surface area (Å²) >= 11 is 1.85. The topological polar surface area (TPSA) is 35.2 Å². The summed E-state index contributed by atoms with van der Waals surface area (Å²) in [6.07, 6.45) is 0.594. The molecule has 0 radical (unpaired) electrons. The third-order valence-corrected chi connectivity index (χ3v) is 3.75. The molecule has 2 N–H and O–H groups in total. The maximum absolute atomic E-state index is 13.4. The Morgan fingerprint density at radius 2 is 2.31 bits per heavy atom. The predicted molar refractivity (Wildman–Crippen MR) is 65.1 cm³/mol. The Bertz CT molecular complexity index is 342. The molecule has 1 aliphatic heterocycles. The summed E-state index contributed by atoms with van der Waals surface area (Å²) in [6, 6.07) is 6.66. The molecule has 2 unspecified atom stereocenters. The van der Waals surface area contributed by atoms with E-state index < -0.39 is 0 Å². The van der Waals surface area contributed by atoms with Gasteiger partial charge in [0.2, 0.25) is 0 Å². The van der Waals surface area contributed by atoms with Crippen LogP contribution in [0, 0.1) is 5.82 Å². The SMILES string of the molecule is NC(Cc1ccccc1F)C1CSCCO1. The molecule has 0 amide bonds. The zero-order chi connectivity index (χ0) is 11.4. The summed E-state index contributed by atoms with van der Waals surface area (Å²) < 4.78 is 19.0. The van der Waals surface area contributed by atoms with E-state index in [1.54, 1.807) is 12.1 Å². The Labute approximate surface area is 99.4 Å². The Morgan fingerprint density at radius 3 is 3.00 bits per heavy atom. The van der Waals surface area contributed by atoms with Gasteiger partial charge in [0.1, 0.15) is 5.82 Å². The van der Waals surface area contributed by atoms with E-state index in [2.05, 4.69) is 0 Å². The normalized spacial score (nSPS) is 23.0. The molecule has 88 valence electrons. The van der Waals surface area contributed by atoms with Crippen molar-refractivity contribution in [2.24, 2.45) is 5.73 Å². The van der Waals surface area contributed by atoms with Gasteiger partial charge in [0.15, 0.2) is 0 Å². The largest absolute Gasteiger partial charge is 0.375 e. The Hall–Kier alpha value is -0.580. The van der Waals surface area contributed by atoms with E-state index in [9.17, 15) is 4.39 Å². The van der Waals surface area contributed by atoms with E-state index in [0.717, 1.165) is 18.1 Å². The third kappa shape index (κ3) is 2.97. The lowest BCUT2D eigenvalue weighted by molar-refractivity contribution is 0.0570. The number of rotatable bonds is 3. The molecule has 1 aromatic rings. The summed E-state index contributed by atoms with van der Waals surface area (Å²) in [7, 11) is 0. The third-order valence-electron chi connectivity index (χ3n) is 2.73. The first kappa shape index (κ1) is 11.9. The van der Waals surface area contributed by atoms with Crippen molar-refractivity contribution in [3.63, 3.8) is 0 Å². The molecule has 2 nitrogen and oxygen atoms in total. The minimum absolute atomic E-state index is 0.0540. The van der Waals surface area contributed by atoms with Gasteiger partial charge < -0.3 is 10.5 Å². The number of hydrogen-bond acceptors (Lipinski definition) is 3. The number of nitrogens with two attached hydrogens (primary N) is 1. The van der Waals surface area contributed by atoms with Gasteiger partial charge in [-0.3, -0.25) is 0 Å². The van der Waals surface area contributed by atoms with Gasteiger partial charge >= 0.3 is 0 Å². The van der Waals surface area contributed by atoms with Crippen molar-refractivity contribution in [2.75, 3.05) is 18.1 Å². The average molecular weight is 241 g/mol. The Morgan fingerprint density at radius 1 is 1.50 bits per heavy atom. The molecule has 1 aliphatic rings. The average Bonchev–Trinajstić information content (AvgIpc) is 2.33. The van der Waals surface area contributed by atoms with Gasteiger partial charge in [-0.15, -0.1) is 0 Å². The minimum Gasteiger partial charge on any atom is -0.375 e. The van der Waals surface area contributed by atoms with Gasteiger partial charge in [-0.25, -0.2) is 4.39 Å². The molecule has 0 spiro atoms. The predicted octanol–water partition coefficient (Wildman–Crippen LogP) is 1.83. The molecule has 1 saturated heterocycles. The van der Waals surface area contributed by atoms with Crippen LogP contribution in [0.15, 0.2) is 24.3 Å². The summed E-state index contributed by atoms with van der Waals surface area (Å²) in [4.78, 5) is 0. The molecule has 1 heterocycles. The van der Waals surface area contributed by atoms with Crippen molar-refractivity contribution in [2.45, 2.75) is 18.6 Å². The zero-order valence-corrected chi connectivity index (χ0v) is 9.88. The summed E-state index contributed by atoms with van der Waals surface area (Å²) in [5, 5.41) is 0. The number of ether oxygens (including phenoxy) is 1. The van der Waals surface area contributed by atoms with Crippen molar-refractivity contribution >= 4 is 11.8 Å². The molecule has 0 bridgehead atoms. The monoisotopic (exact) mass is 241 g/mol. The fourth-order valence-corrected chi connectivity index (χ4v) is 2.76. The second kappa shape index (κ2) is 5.66. The Balaban J connectivity index is 1.96. The van der Waals surface area contributed by atoms with Crippen molar-refractivity contribution < 1.29 is 9.13 Å². The van der Waals surface area contributed by atoms with E-state index in [-0.39, 0.29) is 18.0 Å². The summed E-state index contributed by atoms with van der Waals surface area (Å²) in [6.45, 7) is 0.750. The van der Waals surface area contributed by atoms with Gasteiger partial charge in [0, 0.05) is 17.5 Å². The van der Waals surface area contributed by atoms with Gasteiger partial charge in [-0.2, -0.15) is 11.8 Å². The van der Waals surface area contributed by atoms with E-state index in [0.29, 0.717) is 12.0 Å². The van der Waals surface area contributed by atoms with Gasteiger partial charge in [0.05, 0.1) is 12.7 Å². The van der Waals surface area contributed by atoms with Gasteiger partial charge in [-0.05, 0) is 18.1 Å². The van der Waals surface area contributed by atoms with Crippen LogP contribution in [0.1, 0.15) is 5.56 Å². The number of halogens is 1. The molecular formula is C12H16FNOS. The van der Waals surface area contributed by atoms with Gasteiger partial charge in [0.25, 0.3) is 0 Å². The summed E-state index contributed by atoms with van der Waals surface area (Å²) in [5.74, 6) is 1.76. The zero-order valence-electron chi connectivity index (χ0n) is 9.06. The first-order chi connectivity index (χ1) is 7.77. The second-order valence-corrected chi connectivity index (χ2v) is 5.09. The Kier molecular flexibility index (Phi) is 4.21. The van der Waals surface area contributed by atoms with Gasteiger partial charge in [-0.1, -0.05) is 18.2 Å². The van der Waals surface area contributed by atoms with Crippen molar-refractivity contribution in [3.8, 4) is 0 Å². The first-order valence-electron chi connectivity index (χ1n) is 5.45. The highest BCUT2D eigenvalue weighted by atomic mass is 32.2. The molecule has 1 fully saturated rings. The van der Waals surface area contributed by atoms with E-state index >= 15 is 0 Å². The van der Waals surface area contributed by atoms with E-state index in [1.807, 2.05) is 17.8 Å². The lowest BCUT2D eigenvalue weighted by atomic mass is 10.0. The minimum atomic E-state index is -0.179. The van der Waals surface area contributed by atoms with Crippen molar-refractivity contribution in [3.05, 3.63) is 35.6 Å². The highest BCUT2D eigenvalue weighted by Crippen LogP contribution is 2.17. The maximum atomic E-state index is 13.4. The molecular weight excluding hydrogens is 225 g/mol. The van der Waals surface area contributed by atoms with Crippen LogP contribution in [0.4, 0.5) is 4.39 Å². The molecule has 1 aromatic carbocycles. The van der Waals surface area contributed by atoms with E-state index in [4.69, 9.17) is 10.5 Å². The van der Waals surface area contributed by atoms with E-state index in [1.165, 1.54) is 6.07 Å². The van der Waals surface area contributed by atoms with Crippen LogP contribution in [0.2, 0.25) is 0 Å². The molecule has 2 rings (SSSR count). The standard InChI is InChI=1S/C12H16FNOS/c13-10-4-2-1-3-9(10)7-11(14)12-8-16-6-5-15-12/h1-4,11-12H,5-8,14H2. The van der Waals surface area contributed by atoms with Crippen LogP contribution in [0.3, 0.4) is 0 Å². The molecule has 4 heteroatoms. The van der Waals surface area contributed by atoms with Crippen LogP contribution in [-0.2, 0) is 11.2 Å². The van der Waals surface area contributed by atoms with Crippen molar-refractivity contribution in [1.82, 2.24) is 0 Å². The maximum Gasteiger partial charge on any atom is 0.126 e. The molecule has 16 heavy (non-hydrogen) atoms. The highest BCUT2D eigenvalue weighted by Gasteiger charge is 2.22. The lowest BCUT2D eigenvalue weighted by Crippen LogP contribution is -2.42. The van der Waals surface area contributed by atoms with Crippen LogP contribution in [0.25, 0.3) is 0 Å². The highest BCUT2D eigenvalue weighted by molar-refractivity contribution is 7.99. The molecule has 2 atom stereocenters. The van der Waals surface area contributed by atoms with Crippen LogP contribution in [0.5, 0.6) is 0 Å². The van der Waals surface area contributed by atoms with Crippen LogP contribution >= 0.6 is 11.8 Å². The smallest absolute Gasteiger partial charge is 0.126 e. The molecule has 0 saturated carbocycles. The van der Waals surface area contributed by atoms with Crippen LogP contribution in [-0.4, -0.2) is 30.3 Å². The number of benzene rings is 1. The van der Waals surface area contributed by atoms with Crippen LogP contribution < -0.4 is 5.73 Å². The molecule has 0 aromatic heterocycles. The number of thioether (sulfide) groups is 1. The second-order valence-electron chi connectivity index (χ2n) is 3.94. The fourth-order valence-electron chi connectivity index (χ4n) is 1.80. The lowest BCUT2D eigenvalue weighted by Gasteiger charge is -2.27. The number of hydrogen-bond donors (Lipinski definition) is 1. The molecule has 0 aliphatic carbocycles. The summed E-state index contributed by atoms with van der Waals surface area (Å²) in [5.41, 5.74) is 6.72. The fraction of sp³-hybridized carbons (Fsp3) is 0.500.